The number of benzene rings is 3. The molecule has 1 amide bonds. The second-order valence-electron chi connectivity index (χ2n) is 6.93. The molecule has 0 atom stereocenters. The van der Waals surface area contributed by atoms with Gasteiger partial charge in [-0.1, -0.05) is 36.4 Å². The molecule has 0 spiro atoms. The van der Waals surface area contributed by atoms with Crippen molar-refractivity contribution in [1.82, 2.24) is 5.32 Å². The van der Waals surface area contributed by atoms with Crippen molar-refractivity contribution in [2.24, 2.45) is 0 Å². The number of nitrogens with one attached hydrogen (secondary N) is 1. The summed E-state index contributed by atoms with van der Waals surface area (Å²) in [6.45, 7) is 1.35. The average Bonchev–Trinajstić information content (AvgIpc) is 2.78. The lowest BCUT2D eigenvalue weighted by molar-refractivity contribution is 0.0950. The number of hydrogen-bond donors (Lipinski definition) is 1. The van der Waals surface area contributed by atoms with E-state index in [1.54, 1.807) is 54.6 Å². The highest BCUT2D eigenvalue weighted by molar-refractivity contribution is 7.90. The summed E-state index contributed by atoms with van der Waals surface area (Å²) in [7, 11) is -3.48. The first kappa shape index (κ1) is 20.0. The van der Waals surface area contributed by atoms with Crippen molar-refractivity contribution < 1.29 is 22.7 Å². The maximum atomic E-state index is 12.6. The molecule has 0 aromatic heterocycles. The van der Waals surface area contributed by atoms with E-state index in [1.165, 1.54) is 0 Å². The van der Waals surface area contributed by atoms with Crippen LogP contribution in [0.15, 0.2) is 77.7 Å². The van der Waals surface area contributed by atoms with E-state index in [-0.39, 0.29) is 16.6 Å². The van der Waals surface area contributed by atoms with Gasteiger partial charge in [0.15, 0.2) is 21.3 Å². The third kappa shape index (κ3) is 4.63. The number of amides is 1. The summed E-state index contributed by atoms with van der Waals surface area (Å²) in [5.74, 6) is 0.925. The Morgan fingerprint density at radius 1 is 0.833 bits per heavy atom. The van der Waals surface area contributed by atoms with Gasteiger partial charge in [-0.05, 0) is 47.5 Å². The molecule has 0 radical (unpaired) electrons. The highest BCUT2D eigenvalue weighted by atomic mass is 32.2. The molecular formula is C23H21NO5S. The average molecular weight is 423 g/mol. The van der Waals surface area contributed by atoms with E-state index in [9.17, 15) is 13.2 Å². The van der Waals surface area contributed by atoms with Crippen LogP contribution in [0.2, 0.25) is 0 Å². The molecule has 0 bridgehead atoms. The van der Waals surface area contributed by atoms with Gasteiger partial charge in [-0.3, -0.25) is 4.79 Å². The third-order valence-corrected chi connectivity index (χ3v) is 6.41. The smallest absolute Gasteiger partial charge is 0.251 e. The molecule has 0 fully saturated rings. The van der Waals surface area contributed by atoms with E-state index >= 15 is 0 Å². The first-order chi connectivity index (χ1) is 14.5. The van der Waals surface area contributed by atoms with Gasteiger partial charge in [-0.2, -0.15) is 0 Å². The maximum Gasteiger partial charge on any atom is 0.251 e. The molecule has 3 aromatic carbocycles. The molecule has 1 aliphatic rings. The summed E-state index contributed by atoms with van der Waals surface area (Å²) in [6.07, 6.45) is 0. The van der Waals surface area contributed by atoms with Crippen LogP contribution in [0.1, 0.15) is 21.5 Å². The molecule has 0 unspecified atom stereocenters. The molecule has 0 saturated heterocycles. The minimum atomic E-state index is -3.48. The SMILES string of the molecule is O=C(NCc1ccc2c(c1)OCCO2)c1cccc(CS(=O)(=O)c2ccccc2)c1. The molecule has 1 N–H and O–H groups in total. The zero-order chi connectivity index (χ0) is 21.0. The van der Waals surface area contributed by atoms with E-state index in [4.69, 9.17) is 9.47 Å². The second kappa shape index (κ2) is 8.59. The topological polar surface area (TPSA) is 81.7 Å². The van der Waals surface area contributed by atoms with Gasteiger partial charge in [0.25, 0.3) is 5.91 Å². The zero-order valence-electron chi connectivity index (χ0n) is 16.2. The molecule has 1 aliphatic heterocycles. The number of rotatable bonds is 6. The van der Waals surface area contributed by atoms with Crippen molar-refractivity contribution in [1.29, 1.82) is 0 Å². The summed E-state index contributed by atoms with van der Waals surface area (Å²) >= 11 is 0. The van der Waals surface area contributed by atoms with Gasteiger partial charge in [-0.15, -0.1) is 0 Å². The lowest BCUT2D eigenvalue weighted by Crippen LogP contribution is -2.23. The summed E-state index contributed by atoms with van der Waals surface area (Å²) in [4.78, 5) is 12.8. The van der Waals surface area contributed by atoms with Crippen LogP contribution < -0.4 is 14.8 Å². The minimum Gasteiger partial charge on any atom is -0.486 e. The summed E-state index contributed by atoms with van der Waals surface area (Å²) in [5, 5.41) is 2.86. The van der Waals surface area contributed by atoms with Gasteiger partial charge in [0.05, 0.1) is 10.6 Å². The molecule has 30 heavy (non-hydrogen) atoms. The van der Waals surface area contributed by atoms with Gasteiger partial charge in [0.2, 0.25) is 0 Å². The second-order valence-corrected chi connectivity index (χ2v) is 8.92. The van der Waals surface area contributed by atoms with Gasteiger partial charge in [0.1, 0.15) is 13.2 Å². The number of fused-ring (bicyclic) bond motifs is 1. The number of sulfone groups is 1. The van der Waals surface area contributed by atoms with Crippen molar-refractivity contribution in [3.8, 4) is 11.5 Å². The number of hydrogen-bond acceptors (Lipinski definition) is 5. The highest BCUT2D eigenvalue weighted by Gasteiger charge is 2.16. The fourth-order valence-electron chi connectivity index (χ4n) is 3.22. The molecule has 0 aliphatic carbocycles. The quantitative estimate of drug-likeness (QED) is 0.658. The minimum absolute atomic E-state index is 0.166. The van der Waals surface area contributed by atoms with E-state index in [0.29, 0.717) is 42.4 Å². The molecule has 6 nitrogen and oxygen atoms in total. The fourth-order valence-corrected chi connectivity index (χ4v) is 4.57. The van der Waals surface area contributed by atoms with E-state index in [0.717, 1.165) is 5.56 Å². The van der Waals surface area contributed by atoms with Gasteiger partial charge < -0.3 is 14.8 Å². The zero-order valence-corrected chi connectivity index (χ0v) is 17.0. The molecular weight excluding hydrogens is 402 g/mol. The van der Waals surface area contributed by atoms with Crippen molar-refractivity contribution >= 4 is 15.7 Å². The first-order valence-corrected chi connectivity index (χ1v) is 11.2. The maximum absolute atomic E-state index is 12.6. The molecule has 7 heteroatoms. The lowest BCUT2D eigenvalue weighted by atomic mass is 10.1. The lowest BCUT2D eigenvalue weighted by Gasteiger charge is -2.19. The van der Waals surface area contributed by atoms with E-state index in [1.807, 2.05) is 18.2 Å². The molecule has 0 saturated carbocycles. The Morgan fingerprint density at radius 2 is 1.60 bits per heavy atom. The Kier molecular flexibility index (Phi) is 5.72. The number of ether oxygens (including phenoxy) is 2. The molecule has 1 heterocycles. The standard InChI is InChI=1S/C23H21NO5S/c25-23(24-15-17-9-10-21-22(14-17)29-12-11-28-21)19-6-4-5-18(13-19)16-30(26,27)20-7-2-1-3-8-20/h1-10,13-14H,11-12,15-16H2,(H,24,25). The normalized spacial score (nSPS) is 12.9. The third-order valence-electron chi connectivity index (χ3n) is 4.71. The largest absolute Gasteiger partial charge is 0.486 e. The molecule has 4 rings (SSSR count). The van der Waals surface area contributed by atoms with Gasteiger partial charge in [0, 0.05) is 12.1 Å². The van der Waals surface area contributed by atoms with Crippen LogP contribution in [0, 0.1) is 0 Å². The highest BCUT2D eigenvalue weighted by Crippen LogP contribution is 2.30. The van der Waals surface area contributed by atoms with Crippen LogP contribution in [-0.4, -0.2) is 27.5 Å². The monoisotopic (exact) mass is 423 g/mol. The molecule has 3 aromatic rings. The predicted molar refractivity (Wildman–Crippen MR) is 112 cm³/mol. The summed E-state index contributed by atoms with van der Waals surface area (Å²) in [5.41, 5.74) is 1.86. The van der Waals surface area contributed by atoms with Gasteiger partial charge >= 0.3 is 0 Å². The van der Waals surface area contributed by atoms with Crippen LogP contribution in [0.4, 0.5) is 0 Å². The fraction of sp³-hybridized carbons (Fsp3) is 0.174. The Balaban J connectivity index is 1.43. The first-order valence-electron chi connectivity index (χ1n) is 9.55. The van der Waals surface area contributed by atoms with Crippen LogP contribution in [-0.2, 0) is 22.1 Å². The predicted octanol–water partition coefficient (Wildman–Crippen LogP) is 3.36. The Bertz CT molecular complexity index is 1160. The van der Waals surface area contributed by atoms with Crippen LogP contribution >= 0.6 is 0 Å². The van der Waals surface area contributed by atoms with Gasteiger partial charge in [-0.25, -0.2) is 8.42 Å². The Labute approximate surface area is 175 Å². The van der Waals surface area contributed by atoms with E-state index < -0.39 is 9.84 Å². The number of carbonyl (C=O) groups is 1. The summed E-state index contributed by atoms with van der Waals surface area (Å²) < 4.78 is 36.2. The van der Waals surface area contributed by atoms with Crippen molar-refractivity contribution in [3.63, 3.8) is 0 Å². The number of carbonyl (C=O) groups excluding carboxylic acids is 1. The Hall–Kier alpha value is -3.32. The Morgan fingerprint density at radius 3 is 2.40 bits per heavy atom. The van der Waals surface area contributed by atoms with Crippen molar-refractivity contribution in [3.05, 3.63) is 89.5 Å². The van der Waals surface area contributed by atoms with Crippen LogP contribution in [0.5, 0.6) is 11.5 Å². The van der Waals surface area contributed by atoms with Crippen LogP contribution in [0.3, 0.4) is 0 Å². The van der Waals surface area contributed by atoms with E-state index in [2.05, 4.69) is 5.32 Å². The summed E-state index contributed by atoms with van der Waals surface area (Å²) in [6, 6.07) is 20.5. The van der Waals surface area contributed by atoms with Crippen molar-refractivity contribution in [2.75, 3.05) is 13.2 Å². The van der Waals surface area contributed by atoms with Crippen LogP contribution in [0.25, 0.3) is 0 Å². The molecule has 154 valence electrons. The van der Waals surface area contributed by atoms with Crippen molar-refractivity contribution in [2.45, 2.75) is 17.2 Å².